The van der Waals surface area contributed by atoms with Crippen LogP contribution in [-0.4, -0.2) is 26.3 Å². The van der Waals surface area contributed by atoms with Crippen molar-refractivity contribution in [2.24, 2.45) is 4.99 Å². The Kier molecular flexibility index (Phi) is 4.78. The molecule has 0 fully saturated rings. The van der Waals surface area contributed by atoms with Crippen LogP contribution in [0.4, 0.5) is 15.8 Å². The number of carbonyl (C=O) groups excluding carboxylic acids is 1. The summed E-state index contributed by atoms with van der Waals surface area (Å²) in [5.74, 6) is 0.282. The van der Waals surface area contributed by atoms with Gasteiger partial charge in [0.2, 0.25) is 5.91 Å². The molecule has 4 aromatic rings. The number of phenols is 1. The molecule has 7 heteroatoms. The Hall–Kier alpha value is -4.26. The van der Waals surface area contributed by atoms with Crippen LogP contribution in [0.25, 0.3) is 16.8 Å². The number of imidazole rings is 1. The lowest BCUT2D eigenvalue weighted by atomic mass is 10.0. The maximum absolute atomic E-state index is 13.3. The van der Waals surface area contributed by atoms with E-state index in [2.05, 4.69) is 10.3 Å². The summed E-state index contributed by atoms with van der Waals surface area (Å²) >= 11 is 0. The number of aromatic nitrogens is 2. The Bertz CT molecular complexity index is 1370. The van der Waals surface area contributed by atoms with Crippen LogP contribution < -0.4 is 5.32 Å². The fourth-order valence-electron chi connectivity index (χ4n) is 3.81. The van der Waals surface area contributed by atoms with Gasteiger partial charge in [-0.1, -0.05) is 24.3 Å². The van der Waals surface area contributed by atoms with Gasteiger partial charge in [-0.3, -0.25) is 4.79 Å². The fraction of sp³-hybridized carbons (Fsp3) is 0.0800. The molecular weight excluding hydrogens is 407 g/mol. The highest BCUT2D eigenvalue weighted by atomic mass is 19.1. The van der Waals surface area contributed by atoms with E-state index in [1.54, 1.807) is 24.4 Å². The number of nitrogens with zero attached hydrogens (tertiary/aromatic N) is 3. The van der Waals surface area contributed by atoms with Gasteiger partial charge < -0.3 is 15.0 Å². The number of fused-ring (bicyclic) bond motifs is 1. The van der Waals surface area contributed by atoms with Crippen molar-refractivity contribution in [3.63, 3.8) is 0 Å². The van der Waals surface area contributed by atoms with Crippen LogP contribution >= 0.6 is 0 Å². The van der Waals surface area contributed by atoms with E-state index in [9.17, 15) is 14.3 Å². The summed E-state index contributed by atoms with van der Waals surface area (Å²) in [5.41, 5.74) is 4.38. The molecule has 1 aliphatic heterocycles. The number of anilines is 1. The van der Waals surface area contributed by atoms with Gasteiger partial charge in [0.15, 0.2) is 0 Å². The predicted octanol–water partition coefficient (Wildman–Crippen LogP) is 5.16. The zero-order valence-electron chi connectivity index (χ0n) is 17.2. The Labute approximate surface area is 183 Å². The maximum Gasteiger partial charge on any atom is 0.230 e. The quantitative estimate of drug-likeness (QED) is 0.445. The molecule has 0 bridgehead atoms. The highest BCUT2D eigenvalue weighted by molar-refractivity contribution is 6.17. The molecule has 0 radical (unpaired) electrons. The SMILES string of the molecule is Cc1nccn1-c1cccc(C2=Nc3cc(O)c(-c4ccc(F)cc4)cc3NC(=O)C2)c1. The maximum atomic E-state index is 13.3. The Morgan fingerprint density at radius 1 is 1.06 bits per heavy atom. The summed E-state index contributed by atoms with van der Waals surface area (Å²) in [6, 6.07) is 16.7. The lowest BCUT2D eigenvalue weighted by Crippen LogP contribution is -2.15. The van der Waals surface area contributed by atoms with E-state index >= 15 is 0 Å². The summed E-state index contributed by atoms with van der Waals surface area (Å²) in [5, 5.41) is 13.5. The van der Waals surface area contributed by atoms with Gasteiger partial charge in [-0.25, -0.2) is 14.4 Å². The Balaban J connectivity index is 1.58. The average Bonchev–Trinajstić information content (AvgIpc) is 3.14. The lowest BCUT2D eigenvalue weighted by Gasteiger charge is -2.11. The van der Waals surface area contributed by atoms with Gasteiger partial charge in [-0.2, -0.15) is 0 Å². The molecule has 2 N–H and O–H groups in total. The first-order chi connectivity index (χ1) is 15.5. The number of hydrogen-bond acceptors (Lipinski definition) is 4. The fourth-order valence-corrected chi connectivity index (χ4v) is 3.81. The first-order valence-corrected chi connectivity index (χ1v) is 10.1. The molecule has 5 rings (SSSR count). The first-order valence-electron chi connectivity index (χ1n) is 10.1. The van der Waals surface area contributed by atoms with Crippen molar-refractivity contribution < 1.29 is 14.3 Å². The summed E-state index contributed by atoms with van der Waals surface area (Å²) in [4.78, 5) is 21.6. The van der Waals surface area contributed by atoms with Gasteiger partial charge in [0.1, 0.15) is 17.4 Å². The number of nitrogens with one attached hydrogen (secondary N) is 1. The molecule has 2 heterocycles. The minimum atomic E-state index is -0.362. The number of amides is 1. The number of aromatic hydroxyl groups is 1. The molecule has 3 aromatic carbocycles. The van der Waals surface area contributed by atoms with Crippen molar-refractivity contribution in [3.8, 4) is 22.6 Å². The largest absolute Gasteiger partial charge is 0.507 e. The first kappa shape index (κ1) is 19.7. The van der Waals surface area contributed by atoms with E-state index in [0.29, 0.717) is 28.2 Å². The molecule has 0 aliphatic carbocycles. The molecule has 0 saturated heterocycles. The zero-order valence-corrected chi connectivity index (χ0v) is 17.2. The highest BCUT2D eigenvalue weighted by Crippen LogP contribution is 2.40. The number of phenolic OH excluding ortho intramolecular Hbond substituents is 1. The minimum Gasteiger partial charge on any atom is -0.507 e. The van der Waals surface area contributed by atoms with Crippen molar-refractivity contribution in [1.82, 2.24) is 9.55 Å². The number of aryl methyl sites for hydroxylation is 1. The van der Waals surface area contributed by atoms with Crippen molar-refractivity contribution in [2.75, 3.05) is 5.32 Å². The van der Waals surface area contributed by atoms with Crippen LogP contribution in [0.2, 0.25) is 0 Å². The Morgan fingerprint density at radius 3 is 2.62 bits per heavy atom. The molecule has 32 heavy (non-hydrogen) atoms. The average molecular weight is 426 g/mol. The van der Waals surface area contributed by atoms with Crippen LogP contribution in [0.1, 0.15) is 17.8 Å². The number of rotatable bonds is 3. The second-order valence-corrected chi connectivity index (χ2v) is 7.57. The summed E-state index contributed by atoms with van der Waals surface area (Å²) in [7, 11) is 0. The number of aliphatic imine (C=N–C) groups is 1. The van der Waals surface area contributed by atoms with E-state index in [0.717, 1.165) is 17.1 Å². The summed E-state index contributed by atoms with van der Waals surface area (Å²) < 4.78 is 15.2. The van der Waals surface area contributed by atoms with E-state index in [1.165, 1.54) is 18.2 Å². The van der Waals surface area contributed by atoms with Gasteiger partial charge in [0.05, 0.1) is 23.5 Å². The van der Waals surface area contributed by atoms with E-state index < -0.39 is 0 Å². The summed E-state index contributed by atoms with van der Waals surface area (Å²) in [6.07, 6.45) is 3.70. The van der Waals surface area contributed by atoms with Gasteiger partial charge in [-0.15, -0.1) is 0 Å². The monoisotopic (exact) mass is 426 g/mol. The normalized spacial score (nSPS) is 13.2. The second kappa shape index (κ2) is 7.77. The van der Waals surface area contributed by atoms with Crippen molar-refractivity contribution >= 4 is 23.0 Å². The van der Waals surface area contributed by atoms with Crippen LogP contribution in [0.15, 0.2) is 78.0 Å². The van der Waals surface area contributed by atoms with Gasteiger partial charge >= 0.3 is 0 Å². The van der Waals surface area contributed by atoms with Gasteiger partial charge in [0, 0.05) is 29.7 Å². The third-order valence-electron chi connectivity index (χ3n) is 5.41. The molecule has 6 nitrogen and oxygen atoms in total. The number of halogens is 1. The molecule has 1 amide bonds. The standard InChI is InChI=1S/C25H19FN4O2/c1-15-27-9-10-30(15)19-4-2-3-17(11-19)21-14-25(32)29-22-12-20(24(31)13-23(22)28-21)16-5-7-18(26)8-6-16/h2-13,31H,14H2,1H3,(H,29,32). The highest BCUT2D eigenvalue weighted by Gasteiger charge is 2.20. The van der Waals surface area contributed by atoms with Crippen LogP contribution in [0.5, 0.6) is 5.75 Å². The molecule has 0 spiro atoms. The van der Waals surface area contributed by atoms with Crippen LogP contribution in [-0.2, 0) is 4.79 Å². The third kappa shape index (κ3) is 3.65. The van der Waals surface area contributed by atoms with Gasteiger partial charge in [-0.05, 0) is 48.4 Å². The topological polar surface area (TPSA) is 79.5 Å². The lowest BCUT2D eigenvalue weighted by molar-refractivity contribution is -0.115. The number of benzene rings is 3. The molecule has 0 atom stereocenters. The third-order valence-corrected chi connectivity index (χ3v) is 5.41. The van der Waals surface area contributed by atoms with Crippen LogP contribution in [0.3, 0.4) is 0 Å². The van der Waals surface area contributed by atoms with Gasteiger partial charge in [0.25, 0.3) is 0 Å². The zero-order chi connectivity index (χ0) is 22.2. The van der Waals surface area contributed by atoms with Crippen molar-refractivity contribution in [3.05, 3.63) is 90.3 Å². The molecule has 158 valence electrons. The predicted molar refractivity (Wildman–Crippen MR) is 121 cm³/mol. The molecule has 0 saturated carbocycles. The van der Waals surface area contributed by atoms with Crippen molar-refractivity contribution in [2.45, 2.75) is 13.3 Å². The molecule has 1 aliphatic rings. The van der Waals surface area contributed by atoms with Crippen molar-refractivity contribution in [1.29, 1.82) is 0 Å². The van der Waals surface area contributed by atoms with E-state index in [1.807, 2.05) is 42.0 Å². The van der Waals surface area contributed by atoms with E-state index in [4.69, 9.17) is 4.99 Å². The smallest absolute Gasteiger partial charge is 0.230 e. The number of hydrogen-bond donors (Lipinski definition) is 2. The Morgan fingerprint density at radius 2 is 1.88 bits per heavy atom. The second-order valence-electron chi connectivity index (χ2n) is 7.57. The van der Waals surface area contributed by atoms with E-state index in [-0.39, 0.29) is 23.9 Å². The number of carbonyl (C=O) groups is 1. The summed E-state index contributed by atoms with van der Waals surface area (Å²) in [6.45, 7) is 1.92. The van der Waals surface area contributed by atoms with Crippen LogP contribution in [0, 0.1) is 12.7 Å². The molecule has 0 unspecified atom stereocenters. The minimum absolute atomic E-state index is 0.00241. The molecular formula is C25H19FN4O2. The molecule has 1 aromatic heterocycles.